The van der Waals surface area contributed by atoms with E-state index in [1.807, 2.05) is 24.3 Å². The zero-order valence-corrected chi connectivity index (χ0v) is 21.4. The van der Waals surface area contributed by atoms with E-state index in [1.165, 1.54) is 7.11 Å². The zero-order valence-electron chi connectivity index (χ0n) is 21.4. The molecule has 3 fully saturated rings. The van der Waals surface area contributed by atoms with E-state index in [4.69, 9.17) is 33.2 Å². The van der Waals surface area contributed by atoms with Crippen molar-refractivity contribution in [2.75, 3.05) is 41.2 Å². The smallest absolute Gasteiger partial charge is 0.229 e. The van der Waals surface area contributed by atoms with Crippen LogP contribution in [0.25, 0.3) is 0 Å². The molecule has 11 nitrogen and oxygen atoms in total. The van der Waals surface area contributed by atoms with Crippen molar-refractivity contribution in [2.45, 2.75) is 42.9 Å². The molecule has 5 rings (SSSR count). The lowest BCUT2D eigenvalue weighted by Crippen LogP contribution is -2.60. The van der Waals surface area contributed by atoms with E-state index < -0.39 is 37.3 Å². The molecule has 3 aliphatic rings. The van der Waals surface area contributed by atoms with Gasteiger partial charge in [-0.3, -0.25) is 0 Å². The van der Waals surface area contributed by atoms with Gasteiger partial charge < -0.3 is 53.6 Å². The average molecular weight is 535 g/mol. The van der Waals surface area contributed by atoms with Crippen molar-refractivity contribution in [2.24, 2.45) is 11.8 Å². The Balaban J connectivity index is 1.31. The van der Waals surface area contributed by atoms with Crippen LogP contribution in [0.15, 0.2) is 36.4 Å². The van der Waals surface area contributed by atoms with E-state index in [1.54, 1.807) is 26.4 Å². The van der Waals surface area contributed by atoms with Gasteiger partial charge in [-0.05, 0) is 35.4 Å². The zero-order chi connectivity index (χ0) is 27.0. The van der Waals surface area contributed by atoms with Crippen molar-refractivity contribution in [1.82, 2.24) is 0 Å². The number of ether oxygens (including phenoxy) is 7. The number of hydrogen-bond donors (Lipinski definition) is 4. The molecule has 38 heavy (non-hydrogen) atoms. The lowest BCUT2D eigenvalue weighted by molar-refractivity contribution is -0.277. The van der Waals surface area contributed by atoms with Crippen molar-refractivity contribution in [3.05, 3.63) is 47.5 Å². The third-order valence-corrected chi connectivity index (χ3v) is 7.61. The Kier molecular flexibility index (Phi) is 7.96. The highest BCUT2D eigenvalue weighted by molar-refractivity contribution is 5.45. The highest BCUT2D eigenvalue weighted by Gasteiger charge is 2.49. The first-order valence-corrected chi connectivity index (χ1v) is 12.5. The minimum atomic E-state index is -1.54. The van der Waals surface area contributed by atoms with Crippen LogP contribution in [-0.2, 0) is 14.2 Å². The number of aliphatic hydroxyl groups excluding tert-OH is 4. The summed E-state index contributed by atoms with van der Waals surface area (Å²) in [6, 6.07) is 11.1. The summed E-state index contributed by atoms with van der Waals surface area (Å²) < 4.78 is 40.1. The van der Waals surface area contributed by atoms with Gasteiger partial charge in [-0.2, -0.15) is 0 Å². The van der Waals surface area contributed by atoms with Crippen LogP contribution in [0.4, 0.5) is 0 Å². The normalized spacial score (nSPS) is 34.6. The Morgan fingerprint density at radius 2 is 1.24 bits per heavy atom. The average Bonchev–Trinajstić information content (AvgIpc) is 3.55. The first-order chi connectivity index (χ1) is 18.4. The van der Waals surface area contributed by atoms with Crippen LogP contribution in [-0.4, -0.2) is 92.3 Å². The Morgan fingerprint density at radius 1 is 0.711 bits per heavy atom. The molecule has 0 amide bonds. The van der Waals surface area contributed by atoms with Crippen LogP contribution >= 0.6 is 0 Å². The van der Waals surface area contributed by atoms with Gasteiger partial charge >= 0.3 is 0 Å². The molecule has 2 aromatic carbocycles. The van der Waals surface area contributed by atoms with Gasteiger partial charge in [-0.25, -0.2) is 0 Å². The summed E-state index contributed by atoms with van der Waals surface area (Å²) in [7, 11) is 4.69. The topological polar surface area (TPSA) is 146 Å². The standard InChI is InChI=1S/C27H34O11/c1-32-17-6-4-13(8-19(17)33-2)25-15-11-36-26(16(15)12-35-25)14-5-7-18(20(9-14)34-3)37-27-24(31)23(30)22(29)21(10-28)38-27/h4-9,15-16,21-31H,10-12H2,1-3H3/t15-,16-,21-,22-,23+,24-,25-,26+,27-/m0/s1. The molecule has 0 unspecified atom stereocenters. The summed E-state index contributed by atoms with van der Waals surface area (Å²) in [4.78, 5) is 0. The molecule has 3 heterocycles. The van der Waals surface area contributed by atoms with Crippen LogP contribution in [0.5, 0.6) is 23.0 Å². The maximum Gasteiger partial charge on any atom is 0.229 e. The van der Waals surface area contributed by atoms with Crippen molar-refractivity contribution < 1.29 is 53.6 Å². The van der Waals surface area contributed by atoms with Gasteiger partial charge in [-0.1, -0.05) is 12.1 Å². The molecule has 0 radical (unpaired) electrons. The van der Waals surface area contributed by atoms with Gasteiger partial charge in [0, 0.05) is 11.8 Å². The van der Waals surface area contributed by atoms with Crippen LogP contribution in [0.2, 0.25) is 0 Å². The molecule has 208 valence electrons. The number of methoxy groups -OCH3 is 3. The quantitative estimate of drug-likeness (QED) is 0.384. The number of benzene rings is 2. The van der Waals surface area contributed by atoms with Crippen molar-refractivity contribution >= 4 is 0 Å². The summed E-state index contributed by atoms with van der Waals surface area (Å²) in [5, 5.41) is 39.8. The third-order valence-electron chi connectivity index (χ3n) is 7.61. The van der Waals surface area contributed by atoms with E-state index in [2.05, 4.69) is 0 Å². The third kappa shape index (κ3) is 4.79. The maximum absolute atomic E-state index is 10.3. The highest BCUT2D eigenvalue weighted by Crippen LogP contribution is 2.51. The molecular weight excluding hydrogens is 500 g/mol. The summed E-state index contributed by atoms with van der Waals surface area (Å²) in [6.07, 6.45) is -7.29. The van der Waals surface area contributed by atoms with Gasteiger partial charge in [0.1, 0.15) is 24.4 Å². The Labute approximate surface area is 220 Å². The lowest BCUT2D eigenvalue weighted by atomic mass is 9.85. The maximum atomic E-state index is 10.3. The van der Waals surface area contributed by atoms with E-state index in [0.29, 0.717) is 30.5 Å². The molecular formula is C27H34O11. The van der Waals surface area contributed by atoms with Crippen LogP contribution in [0.1, 0.15) is 23.3 Å². The molecule has 4 N–H and O–H groups in total. The molecule has 3 aliphatic heterocycles. The van der Waals surface area contributed by atoms with Crippen LogP contribution in [0, 0.1) is 11.8 Å². The number of hydrogen-bond acceptors (Lipinski definition) is 11. The number of aliphatic hydroxyl groups is 4. The molecule has 2 aromatic rings. The van der Waals surface area contributed by atoms with Gasteiger partial charge in [0.15, 0.2) is 23.0 Å². The summed E-state index contributed by atoms with van der Waals surface area (Å²) in [5.41, 5.74) is 1.88. The van der Waals surface area contributed by atoms with Gasteiger partial charge in [0.2, 0.25) is 6.29 Å². The van der Waals surface area contributed by atoms with Crippen LogP contribution in [0.3, 0.4) is 0 Å². The second-order valence-electron chi connectivity index (χ2n) is 9.68. The predicted octanol–water partition coefficient (Wildman–Crippen LogP) is 0.966. The first kappa shape index (κ1) is 26.9. The van der Waals surface area contributed by atoms with Gasteiger partial charge in [0.25, 0.3) is 0 Å². The Hall–Kier alpha value is -2.64. The van der Waals surface area contributed by atoms with Gasteiger partial charge in [-0.15, -0.1) is 0 Å². The van der Waals surface area contributed by atoms with E-state index >= 15 is 0 Å². The van der Waals surface area contributed by atoms with Crippen LogP contribution < -0.4 is 18.9 Å². The Morgan fingerprint density at radius 3 is 1.76 bits per heavy atom. The molecule has 0 aromatic heterocycles. The highest BCUT2D eigenvalue weighted by atomic mass is 16.7. The van der Waals surface area contributed by atoms with Crippen molar-refractivity contribution in [3.8, 4) is 23.0 Å². The molecule has 11 heteroatoms. The van der Waals surface area contributed by atoms with E-state index in [0.717, 1.165) is 11.1 Å². The first-order valence-electron chi connectivity index (χ1n) is 12.5. The largest absolute Gasteiger partial charge is 0.493 e. The number of fused-ring (bicyclic) bond motifs is 1. The second kappa shape index (κ2) is 11.2. The fraction of sp³-hybridized carbons (Fsp3) is 0.556. The van der Waals surface area contributed by atoms with Crippen molar-refractivity contribution in [3.63, 3.8) is 0 Å². The summed E-state index contributed by atoms with van der Waals surface area (Å²) in [5.74, 6) is 2.21. The Bertz CT molecular complexity index is 1110. The molecule has 3 saturated heterocycles. The van der Waals surface area contributed by atoms with Crippen molar-refractivity contribution in [1.29, 1.82) is 0 Å². The monoisotopic (exact) mass is 534 g/mol. The second-order valence-corrected chi connectivity index (χ2v) is 9.68. The lowest BCUT2D eigenvalue weighted by Gasteiger charge is -2.39. The summed E-state index contributed by atoms with van der Waals surface area (Å²) >= 11 is 0. The predicted molar refractivity (Wildman–Crippen MR) is 131 cm³/mol. The molecule has 0 saturated carbocycles. The molecule has 9 atom stereocenters. The number of rotatable bonds is 8. The minimum Gasteiger partial charge on any atom is -0.493 e. The minimum absolute atomic E-state index is 0.120. The fourth-order valence-electron chi connectivity index (χ4n) is 5.51. The van der Waals surface area contributed by atoms with E-state index in [9.17, 15) is 20.4 Å². The molecule has 0 aliphatic carbocycles. The molecule has 0 bridgehead atoms. The fourth-order valence-corrected chi connectivity index (χ4v) is 5.51. The van der Waals surface area contributed by atoms with E-state index in [-0.39, 0.29) is 29.8 Å². The molecule has 0 spiro atoms. The van der Waals surface area contributed by atoms with Gasteiger partial charge in [0.05, 0.1) is 53.4 Å². The SMILES string of the molecule is COc1ccc([C@@H]2OC[C@H]3[C@@H]2CO[C@@H]3c2ccc(O[C@H]3O[C@@H](CO)[C@H](O)[C@@H](O)[C@@H]3O)c(OC)c2)cc1OC. The summed E-state index contributed by atoms with van der Waals surface area (Å²) in [6.45, 7) is 0.508.